The molecule has 2 aromatic rings. The molecule has 2 rings (SSSR count). The van der Waals surface area contributed by atoms with Crippen LogP contribution >= 0.6 is 0 Å². The summed E-state index contributed by atoms with van der Waals surface area (Å²) in [4.78, 5) is 0. The van der Waals surface area contributed by atoms with Gasteiger partial charge in [-0.05, 0) is 48.7 Å². The smallest absolute Gasteiger partial charge is 0.122 e. The van der Waals surface area contributed by atoms with E-state index in [0.29, 0.717) is 12.4 Å². The van der Waals surface area contributed by atoms with Crippen molar-refractivity contribution in [3.63, 3.8) is 0 Å². The Hall–Kier alpha value is -1.96. The summed E-state index contributed by atoms with van der Waals surface area (Å²) < 4.78 is 5.79. The number of rotatable bonds is 4. The van der Waals surface area contributed by atoms with E-state index in [9.17, 15) is 5.11 Å². The molecule has 0 aliphatic carbocycles. The molecule has 0 fully saturated rings. The molecular weight excluding hydrogens is 224 g/mol. The molecule has 0 saturated carbocycles. The molecule has 2 nitrogen and oxygen atoms in total. The van der Waals surface area contributed by atoms with Gasteiger partial charge in [-0.2, -0.15) is 0 Å². The fourth-order valence-electron chi connectivity index (χ4n) is 1.80. The molecule has 0 atom stereocenters. The van der Waals surface area contributed by atoms with Crippen LogP contribution in [0, 0.1) is 13.8 Å². The van der Waals surface area contributed by atoms with Gasteiger partial charge in [-0.3, -0.25) is 0 Å². The molecule has 0 saturated heterocycles. The molecule has 0 aliphatic heterocycles. The fraction of sp³-hybridized carbons (Fsp3) is 0.250. The summed E-state index contributed by atoms with van der Waals surface area (Å²) in [5, 5.41) is 9.20. The first-order chi connectivity index (χ1) is 8.65. The van der Waals surface area contributed by atoms with Crippen LogP contribution in [0.25, 0.3) is 0 Å². The zero-order chi connectivity index (χ0) is 13.0. The Morgan fingerprint density at radius 2 is 1.72 bits per heavy atom. The number of aryl methyl sites for hydroxylation is 2. The highest BCUT2D eigenvalue weighted by Gasteiger charge is 2.00. The summed E-state index contributed by atoms with van der Waals surface area (Å²) in [5.41, 5.74) is 3.53. The van der Waals surface area contributed by atoms with E-state index in [2.05, 4.69) is 32.0 Å². The van der Waals surface area contributed by atoms with E-state index in [1.807, 2.05) is 12.1 Å². The van der Waals surface area contributed by atoms with Crippen molar-refractivity contribution in [2.75, 3.05) is 6.61 Å². The lowest BCUT2D eigenvalue weighted by Crippen LogP contribution is -2.02. The summed E-state index contributed by atoms with van der Waals surface area (Å²) in [6, 6.07) is 13.5. The molecule has 2 aromatic carbocycles. The van der Waals surface area contributed by atoms with Gasteiger partial charge in [0.15, 0.2) is 0 Å². The molecule has 1 N–H and O–H groups in total. The van der Waals surface area contributed by atoms with Crippen LogP contribution in [0.5, 0.6) is 11.5 Å². The van der Waals surface area contributed by atoms with Gasteiger partial charge in [-0.25, -0.2) is 0 Å². The zero-order valence-electron chi connectivity index (χ0n) is 10.8. The zero-order valence-corrected chi connectivity index (χ0v) is 10.8. The predicted molar refractivity (Wildman–Crippen MR) is 73.2 cm³/mol. The van der Waals surface area contributed by atoms with Crippen molar-refractivity contribution in [2.24, 2.45) is 0 Å². The minimum Gasteiger partial charge on any atom is -0.508 e. The minimum atomic E-state index is 0.300. The van der Waals surface area contributed by atoms with E-state index in [0.717, 1.165) is 23.3 Å². The van der Waals surface area contributed by atoms with Crippen molar-refractivity contribution in [3.05, 3.63) is 59.2 Å². The number of benzene rings is 2. The Kier molecular flexibility index (Phi) is 3.88. The van der Waals surface area contributed by atoms with Gasteiger partial charge >= 0.3 is 0 Å². The molecule has 0 aromatic heterocycles. The molecule has 0 amide bonds. The molecule has 0 unspecified atom stereocenters. The second-order valence-electron chi connectivity index (χ2n) is 4.53. The maximum absolute atomic E-state index is 9.20. The second-order valence-corrected chi connectivity index (χ2v) is 4.53. The van der Waals surface area contributed by atoms with Gasteiger partial charge in [-0.15, -0.1) is 0 Å². The van der Waals surface area contributed by atoms with Crippen molar-refractivity contribution in [2.45, 2.75) is 20.3 Å². The topological polar surface area (TPSA) is 29.5 Å². The normalized spacial score (nSPS) is 10.3. The number of phenolic OH excluding ortho intramolecular Hbond substituents is 1. The average Bonchev–Trinajstić information content (AvgIpc) is 2.36. The van der Waals surface area contributed by atoms with Crippen LogP contribution in [0.2, 0.25) is 0 Å². The Morgan fingerprint density at radius 1 is 1.00 bits per heavy atom. The first-order valence-electron chi connectivity index (χ1n) is 6.13. The van der Waals surface area contributed by atoms with Gasteiger partial charge in [-0.1, -0.05) is 24.3 Å². The number of aromatic hydroxyl groups is 1. The van der Waals surface area contributed by atoms with Crippen molar-refractivity contribution in [1.29, 1.82) is 0 Å². The number of ether oxygens (including phenoxy) is 1. The summed E-state index contributed by atoms with van der Waals surface area (Å²) in [6.07, 6.45) is 0.841. The van der Waals surface area contributed by atoms with E-state index in [1.165, 1.54) is 5.56 Å². The largest absolute Gasteiger partial charge is 0.508 e. The third-order valence-electron chi connectivity index (χ3n) is 2.93. The van der Waals surface area contributed by atoms with E-state index in [-0.39, 0.29) is 0 Å². The molecule has 18 heavy (non-hydrogen) atoms. The lowest BCUT2D eigenvalue weighted by molar-refractivity contribution is 0.319. The van der Waals surface area contributed by atoms with Gasteiger partial charge in [0.05, 0.1) is 6.61 Å². The van der Waals surface area contributed by atoms with Crippen molar-refractivity contribution in [1.82, 2.24) is 0 Å². The molecule has 2 heteroatoms. The molecule has 94 valence electrons. The minimum absolute atomic E-state index is 0.300. The number of phenols is 1. The Balaban J connectivity index is 1.92. The van der Waals surface area contributed by atoms with Crippen LogP contribution in [0.4, 0.5) is 0 Å². The van der Waals surface area contributed by atoms with Crippen LogP contribution in [0.1, 0.15) is 16.7 Å². The van der Waals surface area contributed by atoms with Crippen LogP contribution < -0.4 is 4.74 Å². The van der Waals surface area contributed by atoms with E-state index >= 15 is 0 Å². The maximum atomic E-state index is 9.20. The quantitative estimate of drug-likeness (QED) is 0.887. The summed E-state index contributed by atoms with van der Waals surface area (Å²) in [6.45, 7) is 4.76. The van der Waals surface area contributed by atoms with Gasteiger partial charge < -0.3 is 9.84 Å². The SMILES string of the molecule is Cc1ccc(C)c(OCCc2ccc(O)cc2)c1. The standard InChI is InChI=1S/C16H18O2/c1-12-3-4-13(2)16(11-12)18-10-9-14-5-7-15(17)8-6-14/h3-8,11,17H,9-10H2,1-2H3. The Bertz CT molecular complexity index is 515. The average molecular weight is 242 g/mol. The molecular formula is C16H18O2. The molecule has 0 heterocycles. The van der Waals surface area contributed by atoms with Crippen molar-refractivity contribution >= 4 is 0 Å². The highest BCUT2D eigenvalue weighted by Crippen LogP contribution is 2.19. The molecule has 0 spiro atoms. The lowest BCUT2D eigenvalue weighted by atomic mass is 10.1. The van der Waals surface area contributed by atoms with E-state index in [4.69, 9.17) is 4.74 Å². The Morgan fingerprint density at radius 3 is 2.44 bits per heavy atom. The fourth-order valence-corrected chi connectivity index (χ4v) is 1.80. The van der Waals surface area contributed by atoms with Crippen molar-refractivity contribution < 1.29 is 9.84 Å². The summed E-state index contributed by atoms with van der Waals surface area (Å²) in [7, 11) is 0. The predicted octanol–water partition coefficient (Wildman–Crippen LogP) is 3.63. The molecule has 0 aliphatic rings. The number of hydrogen-bond donors (Lipinski definition) is 1. The third-order valence-corrected chi connectivity index (χ3v) is 2.93. The van der Waals surface area contributed by atoms with Gasteiger partial charge in [0, 0.05) is 6.42 Å². The van der Waals surface area contributed by atoms with Crippen LogP contribution in [-0.4, -0.2) is 11.7 Å². The summed E-state index contributed by atoms with van der Waals surface area (Å²) in [5.74, 6) is 1.25. The van der Waals surface area contributed by atoms with Gasteiger partial charge in [0.25, 0.3) is 0 Å². The van der Waals surface area contributed by atoms with Crippen LogP contribution in [0.15, 0.2) is 42.5 Å². The van der Waals surface area contributed by atoms with Gasteiger partial charge in [0.1, 0.15) is 11.5 Å². The highest BCUT2D eigenvalue weighted by atomic mass is 16.5. The van der Waals surface area contributed by atoms with Crippen LogP contribution in [-0.2, 0) is 6.42 Å². The molecule has 0 bridgehead atoms. The summed E-state index contributed by atoms with van der Waals surface area (Å²) >= 11 is 0. The van der Waals surface area contributed by atoms with E-state index in [1.54, 1.807) is 12.1 Å². The van der Waals surface area contributed by atoms with Crippen molar-refractivity contribution in [3.8, 4) is 11.5 Å². The third kappa shape index (κ3) is 3.27. The highest BCUT2D eigenvalue weighted by molar-refractivity contribution is 5.36. The molecule has 0 radical (unpaired) electrons. The second kappa shape index (κ2) is 5.58. The first kappa shape index (κ1) is 12.5. The van der Waals surface area contributed by atoms with E-state index < -0.39 is 0 Å². The van der Waals surface area contributed by atoms with Crippen LogP contribution in [0.3, 0.4) is 0 Å². The van der Waals surface area contributed by atoms with Gasteiger partial charge in [0.2, 0.25) is 0 Å². The first-order valence-corrected chi connectivity index (χ1v) is 6.13. The lowest BCUT2D eigenvalue weighted by Gasteiger charge is -2.10. The number of hydrogen-bond acceptors (Lipinski definition) is 2. The maximum Gasteiger partial charge on any atom is 0.122 e. The Labute approximate surface area is 108 Å². The monoisotopic (exact) mass is 242 g/mol.